The third-order valence-corrected chi connectivity index (χ3v) is 3.51. The lowest BCUT2D eigenvalue weighted by atomic mass is 9.93. The molecule has 1 nitrogen and oxygen atoms in total. The third kappa shape index (κ3) is 1.80. The van der Waals surface area contributed by atoms with Crippen molar-refractivity contribution in [2.45, 2.75) is 27.2 Å². The van der Waals surface area contributed by atoms with Crippen LogP contribution in [0.3, 0.4) is 0 Å². The fourth-order valence-electron chi connectivity index (χ4n) is 2.40. The molecule has 0 fully saturated rings. The Morgan fingerprint density at radius 2 is 2.00 bits per heavy atom. The number of rotatable bonds is 0. The second-order valence-corrected chi connectivity index (χ2v) is 5.73. The number of hydrogen-bond acceptors (Lipinski definition) is 1. The molecule has 0 bridgehead atoms. The molecular weight excluding hydrogens is 208 g/mol. The van der Waals surface area contributed by atoms with E-state index in [2.05, 4.69) is 57.2 Å². The first-order chi connectivity index (χ1) is 8.05. The van der Waals surface area contributed by atoms with Gasteiger partial charge < -0.3 is 4.42 Å². The minimum Gasteiger partial charge on any atom is -0.456 e. The van der Waals surface area contributed by atoms with Crippen molar-refractivity contribution in [2.75, 3.05) is 0 Å². The van der Waals surface area contributed by atoms with E-state index in [1.807, 2.05) is 0 Å². The van der Waals surface area contributed by atoms with Gasteiger partial charge >= 0.3 is 0 Å². The zero-order valence-electron chi connectivity index (χ0n) is 10.7. The van der Waals surface area contributed by atoms with Crippen LogP contribution in [0.1, 0.15) is 38.5 Å². The van der Waals surface area contributed by atoms with Gasteiger partial charge in [0.15, 0.2) is 0 Å². The van der Waals surface area contributed by atoms with Crippen molar-refractivity contribution in [1.82, 2.24) is 0 Å². The largest absolute Gasteiger partial charge is 0.456 e. The van der Waals surface area contributed by atoms with Gasteiger partial charge in [-0.15, -0.1) is 0 Å². The Balaban J connectivity index is 2.27. The zero-order chi connectivity index (χ0) is 12.0. The smallest absolute Gasteiger partial charge is 0.135 e. The van der Waals surface area contributed by atoms with E-state index in [0.29, 0.717) is 5.92 Å². The van der Waals surface area contributed by atoms with E-state index in [1.54, 1.807) is 0 Å². The van der Waals surface area contributed by atoms with Crippen molar-refractivity contribution in [3.8, 4) is 0 Å². The predicted octanol–water partition coefficient (Wildman–Crippen LogP) is 2.95. The van der Waals surface area contributed by atoms with E-state index < -0.39 is 0 Å². The molecule has 0 radical (unpaired) electrons. The van der Waals surface area contributed by atoms with Crippen LogP contribution in [0, 0.1) is 11.3 Å². The van der Waals surface area contributed by atoms with Gasteiger partial charge in [0.05, 0.1) is 0 Å². The van der Waals surface area contributed by atoms with Gasteiger partial charge in [0.1, 0.15) is 11.2 Å². The summed E-state index contributed by atoms with van der Waals surface area (Å²) in [6, 6.07) is 0. The number of hydrogen-bond donors (Lipinski definition) is 0. The standard InChI is InChI=1S/C16H18O/c1-11-4-5-14-13(10-11)12-6-8-16(2,3)9-7-15(12)17-14/h5-11H,4H2,1-3H3. The summed E-state index contributed by atoms with van der Waals surface area (Å²) < 4.78 is 5.93. The Kier molecular flexibility index (Phi) is 2.19. The van der Waals surface area contributed by atoms with Crippen molar-refractivity contribution in [3.63, 3.8) is 0 Å². The van der Waals surface area contributed by atoms with Crippen LogP contribution in [0.4, 0.5) is 0 Å². The lowest BCUT2D eigenvalue weighted by Crippen LogP contribution is -2.26. The summed E-state index contributed by atoms with van der Waals surface area (Å²) in [6.45, 7) is 6.66. The fourth-order valence-corrected chi connectivity index (χ4v) is 2.40. The molecule has 2 aliphatic carbocycles. The van der Waals surface area contributed by atoms with Crippen LogP contribution in [0.2, 0.25) is 0 Å². The molecule has 0 saturated heterocycles. The molecule has 1 aromatic heterocycles. The molecule has 0 spiro atoms. The quantitative estimate of drug-likeness (QED) is 0.663. The summed E-state index contributed by atoms with van der Waals surface area (Å²) in [5.41, 5.74) is 2.39. The maximum absolute atomic E-state index is 5.93. The first-order valence-corrected chi connectivity index (χ1v) is 6.28. The minimum atomic E-state index is 0.110. The van der Waals surface area contributed by atoms with Crippen LogP contribution in [-0.2, 0) is 0 Å². The summed E-state index contributed by atoms with van der Waals surface area (Å²) in [5.74, 6) is 1.61. The highest BCUT2D eigenvalue weighted by atomic mass is 16.3. The second kappa shape index (κ2) is 3.49. The van der Waals surface area contributed by atoms with E-state index in [4.69, 9.17) is 4.42 Å². The number of allylic oxidation sites excluding steroid dienone is 2. The zero-order valence-corrected chi connectivity index (χ0v) is 10.7. The number of furan rings is 1. The highest BCUT2D eigenvalue weighted by Crippen LogP contribution is 2.26. The Morgan fingerprint density at radius 3 is 2.82 bits per heavy atom. The van der Waals surface area contributed by atoms with Crippen LogP contribution >= 0.6 is 0 Å². The van der Waals surface area contributed by atoms with Gasteiger partial charge in [-0.05, 0) is 24.5 Å². The van der Waals surface area contributed by atoms with Crippen LogP contribution < -0.4 is 10.6 Å². The van der Waals surface area contributed by atoms with E-state index >= 15 is 0 Å². The van der Waals surface area contributed by atoms with Crippen molar-refractivity contribution in [3.05, 3.63) is 34.1 Å². The monoisotopic (exact) mass is 226 g/mol. The molecule has 0 saturated carbocycles. The molecule has 1 unspecified atom stereocenters. The van der Waals surface area contributed by atoms with Crippen molar-refractivity contribution >= 4 is 24.3 Å². The Labute approximate surface area is 102 Å². The minimum absolute atomic E-state index is 0.110. The van der Waals surface area contributed by atoms with Gasteiger partial charge in [-0.25, -0.2) is 0 Å². The van der Waals surface area contributed by atoms with Gasteiger partial charge in [-0.2, -0.15) is 0 Å². The maximum Gasteiger partial charge on any atom is 0.135 e. The van der Waals surface area contributed by atoms with Crippen LogP contribution in [0.25, 0.3) is 24.3 Å². The Morgan fingerprint density at radius 1 is 1.24 bits per heavy atom. The van der Waals surface area contributed by atoms with E-state index in [-0.39, 0.29) is 5.41 Å². The molecule has 1 heterocycles. The molecule has 1 heteroatoms. The molecule has 0 aromatic carbocycles. The summed E-state index contributed by atoms with van der Waals surface area (Å²) >= 11 is 0. The van der Waals surface area contributed by atoms with Crippen LogP contribution in [0.5, 0.6) is 0 Å². The van der Waals surface area contributed by atoms with Crippen molar-refractivity contribution in [1.29, 1.82) is 0 Å². The molecule has 1 aromatic rings. The van der Waals surface area contributed by atoms with E-state index in [0.717, 1.165) is 17.6 Å². The second-order valence-electron chi connectivity index (χ2n) is 5.73. The average molecular weight is 226 g/mol. The third-order valence-electron chi connectivity index (χ3n) is 3.51. The average Bonchev–Trinajstić information content (AvgIpc) is 2.53. The molecule has 0 aliphatic heterocycles. The number of fused-ring (bicyclic) bond motifs is 3. The highest BCUT2D eigenvalue weighted by Gasteiger charge is 2.17. The van der Waals surface area contributed by atoms with Gasteiger partial charge in [-0.3, -0.25) is 0 Å². The van der Waals surface area contributed by atoms with Crippen LogP contribution in [-0.4, -0.2) is 0 Å². The molecular formula is C16H18O. The molecule has 0 N–H and O–H groups in total. The maximum atomic E-state index is 5.93. The summed E-state index contributed by atoms with van der Waals surface area (Å²) in [6.07, 6.45) is 14.4. The van der Waals surface area contributed by atoms with Crippen molar-refractivity contribution in [2.24, 2.45) is 11.3 Å². The lowest BCUT2D eigenvalue weighted by Gasteiger charge is -2.12. The van der Waals surface area contributed by atoms with E-state index in [1.165, 1.54) is 10.8 Å². The molecule has 1 atom stereocenters. The molecule has 17 heavy (non-hydrogen) atoms. The van der Waals surface area contributed by atoms with Gasteiger partial charge in [0, 0.05) is 16.2 Å². The fraction of sp³-hybridized carbons (Fsp3) is 0.375. The van der Waals surface area contributed by atoms with E-state index in [9.17, 15) is 0 Å². The summed E-state index contributed by atoms with van der Waals surface area (Å²) in [7, 11) is 0. The molecule has 88 valence electrons. The first kappa shape index (κ1) is 10.6. The normalized spacial score (nSPS) is 24.3. The van der Waals surface area contributed by atoms with Crippen molar-refractivity contribution < 1.29 is 4.42 Å². The predicted molar refractivity (Wildman–Crippen MR) is 72.5 cm³/mol. The molecule has 0 amide bonds. The topological polar surface area (TPSA) is 13.1 Å². The Bertz CT molecular complexity index is 623. The van der Waals surface area contributed by atoms with Gasteiger partial charge in [-0.1, -0.05) is 45.1 Å². The molecule has 3 rings (SSSR count). The van der Waals surface area contributed by atoms with Gasteiger partial charge in [0.25, 0.3) is 0 Å². The highest BCUT2D eigenvalue weighted by molar-refractivity contribution is 5.67. The molecule has 2 aliphatic rings. The summed E-state index contributed by atoms with van der Waals surface area (Å²) in [4.78, 5) is 0. The van der Waals surface area contributed by atoms with Crippen LogP contribution in [0.15, 0.2) is 16.6 Å². The van der Waals surface area contributed by atoms with Gasteiger partial charge in [0.2, 0.25) is 0 Å². The first-order valence-electron chi connectivity index (χ1n) is 6.28. The lowest BCUT2D eigenvalue weighted by molar-refractivity contribution is 0.515. The Hall–Kier alpha value is -1.50. The summed E-state index contributed by atoms with van der Waals surface area (Å²) in [5, 5.41) is 1.28. The SMILES string of the molecule is CC1C=c2c3c(oc2=CC1)C=CC(C)(C)C=C3.